The van der Waals surface area contributed by atoms with Gasteiger partial charge < -0.3 is 4.90 Å². The maximum Gasteiger partial charge on any atom is 0.241 e. The van der Waals surface area contributed by atoms with E-state index >= 15 is 0 Å². The number of carbonyl (C=O) groups excluding carboxylic acids is 1. The van der Waals surface area contributed by atoms with Crippen LogP contribution in [0.25, 0.3) is 0 Å². The number of amides is 1. The SMILES string of the molecule is CC(C)CN1C(=O)C(C(C)C)NC1c1cccc(Cl)c1. The van der Waals surface area contributed by atoms with E-state index < -0.39 is 0 Å². The van der Waals surface area contributed by atoms with E-state index in [4.69, 9.17) is 11.6 Å². The van der Waals surface area contributed by atoms with Gasteiger partial charge in [-0.25, -0.2) is 0 Å². The molecule has 1 aromatic rings. The van der Waals surface area contributed by atoms with E-state index in [0.717, 1.165) is 12.1 Å². The minimum atomic E-state index is -0.113. The summed E-state index contributed by atoms with van der Waals surface area (Å²) in [6.07, 6.45) is -0.0731. The molecule has 0 saturated carbocycles. The van der Waals surface area contributed by atoms with Crippen LogP contribution in [0, 0.1) is 11.8 Å². The van der Waals surface area contributed by atoms with Gasteiger partial charge in [-0.1, -0.05) is 51.4 Å². The van der Waals surface area contributed by atoms with Crippen LogP contribution >= 0.6 is 11.6 Å². The fourth-order valence-corrected chi connectivity index (χ4v) is 2.86. The number of rotatable bonds is 4. The van der Waals surface area contributed by atoms with Gasteiger partial charge in [0.1, 0.15) is 6.17 Å². The molecule has 0 spiro atoms. The molecule has 2 unspecified atom stereocenters. The number of benzene rings is 1. The Bertz CT molecular complexity index is 487. The Hall–Kier alpha value is -1.06. The van der Waals surface area contributed by atoms with Crippen molar-refractivity contribution in [1.82, 2.24) is 10.2 Å². The zero-order chi connectivity index (χ0) is 14.9. The van der Waals surface area contributed by atoms with Gasteiger partial charge in [0.25, 0.3) is 0 Å². The van der Waals surface area contributed by atoms with Crippen molar-refractivity contribution < 1.29 is 4.79 Å². The molecule has 1 heterocycles. The molecule has 4 heteroatoms. The molecule has 1 fully saturated rings. The van der Waals surface area contributed by atoms with Gasteiger partial charge in [0, 0.05) is 11.6 Å². The average Bonchev–Trinajstić information content (AvgIpc) is 2.67. The summed E-state index contributed by atoms with van der Waals surface area (Å²) in [6, 6.07) is 7.63. The normalized spacial score (nSPS) is 23.1. The maximum atomic E-state index is 12.6. The topological polar surface area (TPSA) is 32.3 Å². The van der Waals surface area contributed by atoms with Gasteiger partial charge in [0.2, 0.25) is 5.91 Å². The Morgan fingerprint density at radius 2 is 2.00 bits per heavy atom. The first kappa shape index (κ1) is 15.3. The van der Waals surface area contributed by atoms with Crippen LogP contribution in [-0.2, 0) is 4.79 Å². The number of nitrogens with zero attached hydrogens (tertiary/aromatic N) is 1. The van der Waals surface area contributed by atoms with Crippen LogP contribution in [0.1, 0.15) is 39.4 Å². The highest BCUT2D eigenvalue weighted by atomic mass is 35.5. The molecular weight excluding hydrogens is 272 g/mol. The largest absolute Gasteiger partial charge is 0.321 e. The molecule has 1 amide bonds. The molecule has 1 aromatic carbocycles. The van der Waals surface area contributed by atoms with Gasteiger partial charge in [0.15, 0.2) is 0 Å². The molecule has 3 nitrogen and oxygen atoms in total. The lowest BCUT2D eigenvalue weighted by Gasteiger charge is -2.26. The Labute approximate surface area is 126 Å². The number of carbonyl (C=O) groups is 1. The highest BCUT2D eigenvalue weighted by Gasteiger charge is 2.40. The van der Waals surface area contributed by atoms with Crippen molar-refractivity contribution in [2.24, 2.45) is 11.8 Å². The molecule has 1 saturated heterocycles. The van der Waals surface area contributed by atoms with E-state index in [1.165, 1.54) is 0 Å². The predicted molar refractivity (Wildman–Crippen MR) is 82.5 cm³/mol. The first-order valence-electron chi connectivity index (χ1n) is 7.22. The molecular formula is C16H23ClN2O. The van der Waals surface area contributed by atoms with Crippen LogP contribution < -0.4 is 5.32 Å². The molecule has 2 atom stereocenters. The van der Waals surface area contributed by atoms with E-state index in [9.17, 15) is 4.79 Å². The van der Waals surface area contributed by atoms with Crippen LogP contribution in [0.2, 0.25) is 5.02 Å². The summed E-state index contributed by atoms with van der Waals surface area (Å²) in [5.74, 6) is 0.911. The summed E-state index contributed by atoms with van der Waals surface area (Å²) in [6.45, 7) is 9.16. The number of hydrogen-bond donors (Lipinski definition) is 1. The second-order valence-corrected chi connectivity index (χ2v) is 6.67. The zero-order valence-corrected chi connectivity index (χ0v) is 13.3. The smallest absolute Gasteiger partial charge is 0.241 e. The standard InChI is InChI=1S/C16H23ClN2O/c1-10(2)9-19-15(12-6-5-7-13(17)8-12)18-14(11(3)4)16(19)20/h5-8,10-11,14-15,18H,9H2,1-4H3. The molecule has 110 valence electrons. The molecule has 1 N–H and O–H groups in total. The number of nitrogens with one attached hydrogen (secondary N) is 1. The highest BCUT2D eigenvalue weighted by molar-refractivity contribution is 6.30. The van der Waals surface area contributed by atoms with Crippen molar-refractivity contribution in [3.05, 3.63) is 34.9 Å². The van der Waals surface area contributed by atoms with E-state index in [2.05, 4.69) is 33.0 Å². The van der Waals surface area contributed by atoms with Crippen molar-refractivity contribution in [3.8, 4) is 0 Å². The van der Waals surface area contributed by atoms with E-state index in [0.29, 0.717) is 10.9 Å². The monoisotopic (exact) mass is 294 g/mol. The van der Waals surface area contributed by atoms with Gasteiger partial charge in [0.05, 0.1) is 6.04 Å². The number of hydrogen-bond acceptors (Lipinski definition) is 2. The van der Waals surface area contributed by atoms with Gasteiger partial charge >= 0.3 is 0 Å². The Morgan fingerprint density at radius 1 is 1.30 bits per heavy atom. The third-order valence-corrected chi connectivity index (χ3v) is 3.83. The lowest BCUT2D eigenvalue weighted by atomic mass is 10.0. The zero-order valence-electron chi connectivity index (χ0n) is 12.6. The van der Waals surface area contributed by atoms with Gasteiger partial charge in [-0.05, 0) is 29.5 Å². The molecule has 1 aliphatic rings. The van der Waals surface area contributed by atoms with E-state index in [1.54, 1.807) is 0 Å². The molecule has 0 aliphatic carbocycles. The van der Waals surface area contributed by atoms with Crippen molar-refractivity contribution >= 4 is 17.5 Å². The fourth-order valence-electron chi connectivity index (χ4n) is 2.66. The van der Waals surface area contributed by atoms with Crippen molar-refractivity contribution in [2.45, 2.75) is 39.9 Å². The molecule has 2 rings (SSSR count). The summed E-state index contributed by atoms with van der Waals surface area (Å²) in [5, 5.41) is 4.16. The minimum Gasteiger partial charge on any atom is -0.321 e. The second kappa shape index (κ2) is 6.15. The number of halogens is 1. The van der Waals surface area contributed by atoms with Gasteiger partial charge in [-0.2, -0.15) is 0 Å². The van der Waals surface area contributed by atoms with Crippen LogP contribution in [0.4, 0.5) is 0 Å². The van der Waals surface area contributed by atoms with Crippen molar-refractivity contribution in [1.29, 1.82) is 0 Å². The molecule has 1 aliphatic heterocycles. The minimum absolute atomic E-state index is 0.0731. The lowest BCUT2D eigenvalue weighted by Crippen LogP contribution is -2.36. The quantitative estimate of drug-likeness (QED) is 0.922. The first-order chi connectivity index (χ1) is 9.40. The van der Waals surface area contributed by atoms with Crippen LogP contribution in [-0.4, -0.2) is 23.4 Å². The average molecular weight is 295 g/mol. The van der Waals surface area contributed by atoms with Crippen LogP contribution in [0.15, 0.2) is 24.3 Å². The maximum absolute atomic E-state index is 12.6. The highest BCUT2D eigenvalue weighted by Crippen LogP contribution is 2.30. The molecule has 0 bridgehead atoms. The Morgan fingerprint density at radius 3 is 2.55 bits per heavy atom. The van der Waals surface area contributed by atoms with E-state index in [1.807, 2.05) is 29.2 Å². The van der Waals surface area contributed by atoms with E-state index in [-0.39, 0.29) is 24.0 Å². The third kappa shape index (κ3) is 3.15. The second-order valence-electron chi connectivity index (χ2n) is 6.23. The molecule has 0 radical (unpaired) electrons. The lowest BCUT2D eigenvalue weighted by molar-refractivity contribution is -0.131. The summed E-state index contributed by atoms with van der Waals surface area (Å²) in [7, 11) is 0. The Kier molecular flexibility index (Phi) is 4.71. The first-order valence-corrected chi connectivity index (χ1v) is 7.60. The van der Waals surface area contributed by atoms with Gasteiger partial charge in [-0.3, -0.25) is 10.1 Å². The van der Waals surface area contributed by atoms with Crippen LogP contribution in [0.3, 0.4) is 0 Å². The summed E-state index contributed by atoms with van der Waals surface area (Å²) < 4.78 is 0. The predicted octanol–water partition coefficient (Wildman–Crippen LogP) is 3.45. The molecule has 0 aromatic heterocycles. The summed E-state index contributed by atoms with van der Waals surface area (Å²) in [5.41, 5.74) is 1.05. The Balaban J connectivity index is 2.31. The summed E-state index contributed by atoms with van der Waals surface area (Å²) >= 11 is 6.08. The van der Waals surface area contributed by atoms with Crippen molar-refractivity contribution in [2.75, 3.05) is 6.54 Å². The fraction of sp³-hybridized carbons (Fsp3) is 0.562. The van der Waals surface area contributed by atoms with Gasteiger partial charge in [-0.15, -0.1) is 0 Å². The summed E-state index contributed by atoms with van der Waals surface area (Å²) in [4.78, 5) is 14.5. The van der Waals surface area contributed by atoms with Crippen molar-refractivity contribution in [3.63, 3.8) is 0 Å². The molecule has 20 heavy (non-hydrogen) atoms. The third-order valence-electron chi connectivity index (χ3n) is 3.59. The van der Waals surface area contributed by atoms with Crippen LogP contribution in [0.5, 0.6) is 0 Å².